The predicted molar refractivity (Wildman–Crippen MR) is 135 cm³/mol. The van der Waals surface area contributed by atoms with E-state index in [9.17, 15) is 0 Å². The van der Waals surface area contributed by atoms with E-state index in [0.29, 0.717) is 5.11 Å². The Kier molecular flexibility index (Phi) is 5.53. The van der Waals surface area contributed by atoms with Crippen molar-refractivity contribution in [3.63, 3.8) is 0 Å². The number of hydrogen-bond donors (Lipinski definition) is 1. The summed E-state index contributed by atoms with van der Waals surface area (Å²) in [4.78, 5) is 11.2. The van der Waals surface area contributed by atoms with Crippen LogP contribution >= 0.6 is 28.1 Å². The molecule has 7 heteroatoms. The lowest BCUT2D eigenvalue weighted by atomic mass is 9.96. The summed E-state index contributed by atoms with van der Waals surface area (Å²) in [6.45, 7) is 4.29. The average molecular weight is 504 g/mol. The molecule has 0 aliphatic carbocycles. The molecule has 1 aromatic carbocycles. The lowest BCUT2D eigenvalue weighted by Crippen LogP contribution is -2.29. The van der Waals surface area contributed by atoms with E-state index in [4.69, 9.17) is 12.2 Å². The number of nitrogens with zero attached hydrogens (tertiary/aromatic N) is 4. The summed E-state index contributed by atoms with van der Waals surface area (Å²) in [5.74, 6) is 0. The van der Waals surface area contributed by atoms with Crippen LogP contribution < -0.4 is 10.2 Å². The van der Waals surface area contributed by atoms with Gasteiger partial charge in [0.2, 0.25) is 0 Å². The van der Waals surface area contributed by atoms with Crippen LogP contribution in [0.2, 0.25) is 0 Å². The summed E-state index contributed by atoms with van der Waals surface area (Å²) in [6.07, 6.45) is 5.52. The van der Waals surface area contributed by atoms with Gasteiger partial charge in [-0.05, 0) is 86.2 Å². The zero-order valence-electron chi connectivity index (χ0n) is 17.7. The Bertz CT molecular complexity index is 1260. The van der Waals surface area contributed by atoms with Gasteiger partial charge < -0.3 is 14.8 Å². The minimum atomic E-state index is -0.0739. The topological polar surface area (TPSA) is 46.0 Å². The molecule has 1 saturated heterocycles. The molecule has 4 heterocycles. The number of nitrogens with one attached hydrogen (secondary N) is 1. The third-order valence-corrected chi connectivity index (χ3v) is 6.74. The molecule has 4 aromatic rings. The molecule has 5 nitrogen and oxygen atoms in total. The highest BCUT2D eigenvalue weighted by Crippen LogP contribution is 2.43. The third-order valence-electron chi connectivity index (χ3n) is 5.90. The van der Waals surface area contributed by atoms with Crippen molar-refractivity contribution < 1.29 is 0 Å². The molecule has 1 N–H and O–H groups in total. The molecule has 2 unspecified atom stereocenters. The zero-order chi connectivity index (χ0) is 22.2. The van der Waals surface area contributed by atoms with E-state index in [2.05, 4.69) is 84.9 Å². The van der Waals surface area contributed by atoms with Gasteiger partial charge in [0.15, 0.2) is 5.11 Å². The Balaban J connectivity index is 1.68. The van der Waals surface area contributed by atoms with Crippen LogP contribution in [0.25, 0.3) is 5.69 Å². The van der Waals surface area contributed by atoms with Gasteiger partial charge in [-0.3, -0.25) is 9.97 Å². The fourth-order valence-electron chi connectivity index (χ4n) is 4.52. The number of aromatic nitrogens is 3. The second-order valence-corrected chi connectivity index (χ2v) is 9.15. The van der Waals surface area contributed by atoms with E-state index in [1.54, 1.807) is 6.20 Å². The van der Waals surface area contributed by atoms with Gasteiger partial charge in [0, 0.05) is 33.9 Å². The second kappa shape index (κ2) is 8.48. The van der Waals surface area contributed by atoms with Crippen LogP contribution in [0, 0.1) is 13.8 Å². The summed E-state index contributed by atoms with van der Waals surface area (Å²) in [5.41, 5.74) is 6.57. The van der Waals surface area contributed by atoms with Crippen molar-refractivity contribution in [1.82, 2.24) is 19.9 Å². The lowest BCUT2D eigenvalue weighted by molar-refractivity contribution is 0.565. The Morgan fingerprint density at radius 3 is 2.47 bits per heavy atom. The second-order valence-electron chi connectivity index (χ2n) is 7.85. The number of pyridine rings is 2. The van der Waals surface area contributed by atoms with Crippen molar-refractivity contribution in [1.29, 1.82) is 0 Å². The first kappa shape index (κ1) is 20.8. The highest BCUT2D eigenvalue weighted by molar-refractivity contribution is 9.10. The number of rotatable bonds is 4. The fourth-order valence-corrected chi connectivity index (χ4v) is 5.13. The summed E-state index contributed by atoms with van der Waals surface area (Å²) < 4.78 is 3.28. The minimum Gasteiger partial charge on any atom is -0.351 e. The van der Waals surface area contributed by atoms with Crippen LogP contribution in [0.15, 0.2) is 83.7 Å². The molecule has 1 aliphatic rings. The maximum absolute atomic E-state index is 5.84. The standard InChI is InChI=1S/C25H22BrN5S/c1-16-14-21(17(2)30(16)20-6-5-12-27-15-20)24-23(22-7-3-4-13-28-22)29-25(32)31(24)19-10-8-18(26)9-11-19/h3-15,23-24H,1-2H3,(H,29,32). The summed E-state index contributed by atoms with van der Waals surface area (Å²) in [5, 5.41) is 4.23. The number of anilines is 1. The summed E-state index contributed by atoms with van der Waals surface area (Å²) >= 11 is 9.39. The molecular formula is C25H22BrN5S. The van der Waals surface area contributed by atoms with Gasteiger partial charge in [0.1, 0.15) is 0 Å². The van der Waals surface area contributed by atoms with Crippen LogP contribution in [-0.2, 0) is 0 Å². The van der Waals surface area contributed by atoms with Gasteiger partial charge in [-0.15, -0.1) is 0 Å². The fraction of sp³-hybridized carbons (Fsp3) is 0.160. The largest absolute Gasteiger partial charge is 0.351 e. The molecule has 0 spiro atoms. The molecule has 2 atom stereocenters. The van der Waals surface area contributed by atoms with Crippen molar-refractivity contribution in [2.75, 3.05) is 4.90 Å². The SMILES string of the molecule is Cc1cc(C2C(c3ccccn3)NC(=S)N2c2ccc(Br)cc2)c(C)n1-c1cccnc1. The average Bonchev–Trinajstić information content (AvgIpc) is 3.31. The van der Waals surface area contributed by atoms with E-state index in [0.717, 1.165) is 32.9 Å². The molecule has 5 rings (SSSR count). The summed E-state index contributed by atoms with van der Waals surface area (Å²) in [6, 6.07) is 20.5. The molecule has 1 fully saturated rings. The molecule has 0 radical (unpaired) electrons. The molecule has 1 aliphatic heterocycles. The number of aryl methyl sites for hydroxylation is 1. The van der Waals surface area contributed by atoms with E-state index in [1.807, 2.05) is 42.7 Å². The maximum atomic E-state index is 5.84. The van der Waals surface area contributed by atoms with Gasteiger partial charge >= 0.3 is 0 Å². The first-order valence-corrected chi connectivity index (χ1v) is 11.6. The smallest absolute Gasteiger partial charge is 0.174 e. The maximum Gasteiger partial charge on any atom is 0.174 e. The highest BCUT2D eigenvalue weighted by Gasteiger charge is 2.42. The lowest BCUT2D eigenvalue weighted by Gasteiger charge is -2.28. The first-order chi connectivity index (χ1) is 15.5. The molecule has 160 valence electrons. The van der Waals surface area contributed by atoms with Crippen LogP contribution in [-0.4, -0.2) is 19.6 Å². The van der Waals surface area contributed by atoms with Crippen molar-refractivity contribution in [2.24, 2.45) is 0 Å². The van der Waals surface area contributed by atoms with Gasteiger partial charge in [0.25, 0.3) is 0 Å². The summed E-state index contributed by atoms with van der Waals surface area (Å²) in [7, 11) is 0. The Labute approximate surface area is 201 Å². The monoisotopic (exact) mass is 503 g/mol. The number of hydrogen-bond acceptors (Lipinski definition) is 3. The zero-order valence-corrected chi connectivity index (χ0v) is 20.1. The molecule has 3 aromatic heterocycles. The third kappa shape index (κ3) is 3.61. The van der Waals surface area contributed by atoms with E-state index >= 15 is 0 Å². The minimum absolute atomic E-state index is 0.0461. The van der Waals surface area contributed by atoms with E-state index in [1.165, 1.54) is 5.56 Å². The van der Waals surface area contributed by atoms with Gasteiger partial charge in [-0.25, -0.2) is 0 Å². The van der Waals surface area contributed by atoms with Crippen LogP contribution in [0.4, 0.5) is 5.69 Å². The van der Waals surface area contributed by atoms with Gasteiger partial charge in [-0.2, -0.15) is 0 Å². The number of thiocarbonyl (C=S) groups is 1. The molecule has 0 bridgehead atoms. The normalized spacial score (nSPS) is 18.1. The van der Waals surface area contributed by atoms with Crippen molar-refractivity contribution in [2.45, 2.75) is 25.9 Å². The van der Waals surface area contributed by atoms with Crippen LogP contribution in [0.3, 0.4) is 0 Å². The van der Waals surface area contributed by atoms with Gasteiger partial charge in [-0.1, -0.05) is 22.0 Å². The molecule has 0 amide bonds. The number of halogens is 1. The quantitative estimate of drug-likeness (QED) is 0.355. The van der Waals surface area contributed by atoms with Crippen molar-refractivity contribution >= 4 is 38.9 Å². The molecule has 0 saturated carbocycles. The van der Waals surface area contributed by atoms with E-state index in [-0.39, 0.29) is 12.1 Å². The first-order valence-electron chi connectivity index (χ1n) is 10.4. The predicted octanol–water partition coefficient (Wildman–Crippen LogP) is 5.82. The molecular weight excluding hydrogens is 482 g/mol. The highest BCUT2D eigenvalue weighted by atomic mass is 79.9. The Morgan fingerprint density at radius 2 is 1.78 bits per heavy atom. The van der Waals surface area contributed by atoms with E-state index < -0.39 is 0 Å². The van der Waals surface area contributed by atoms with Crippen molar-refractivity contribution in [3.8, 4) is 5.69 Å². The van der Waals surface area contributed by atoms with Crippen molar-refractivity contribution in [3.05, 3.63) is 106 Å². The van der Waals surface area contributed by atoms with Crippen LogP contribution in [0.5, 0.6) is 0 Å². The molecule has 32 heavy (non-hydrogen) atoms. The Morgan fingerprint density at radius 1 is 0.969 bits per heavy atom. The van der Waals surface area contributed by atoms with Gasteiger partial charge in [0.05, 0.1) is 29.7 Å². The van der Waals surface area contributed by atoms with Crippen LogP contribution in [0.1, 0.15) is 34.7 Å². The number of benzene rings is 1. The Hall–Kier alpha value is -3.03.